The number of carbonyl (C=O) groups excluding carboxylic acids is 3. The van der Waals surface area contributed by atoms with E-state index in [1.165, 1.54) is 0 Å². The summed E-state index contributed by atoms with van der Waals surface area (Å²) < 4.78 is 7.09. The molecular weight excluding hydrogens is 556 g/mol. The number of likely N-dealkylation sites (tertiary alicyclic amines) is 1. The van der Waals surface area contributed by atoms with Gasteiger partial charge in [-0.3, -0.25) is 14.4 Å². The third-order valence-electron chi connectivity index (χ3n) is 10.1. The highest BCUT2D eigenvalue weighted by Crippen LogP contribution is 2.59. The number of hydrogen-bond acceptors (Lipinski definition) is 6. The molecule has 4 aliphatic rings. The molecule has 5 rings (SSSR count). The maximum Gasteiger partial charge on any atom is 0.253 e. The van der Waals surface area contributed by atoms with Gasteiger partial charge in [-0.2, -0.15) is 0 Å². The Labute approximate surface area is 262 Å². The predicted molar refractivity (Wildman–Crippen MR) is 172 cm³/mol. The van der Waals surface area contributed by atoms with Gasteiger partial charge in [0.2, 0.25) is 11.8 Å². The summed E-state index contributed by atoms with van der Waals surface area (Å²) in [5, 5.41) is 10.6. The van der Waals surface area contributed by atoms with E-state index >= 15 is 0 Å². The van der Waals surface area contributed by atoms with Crippen LogP contribution in [-0.2, 0) is 19.1 Å². The van der Waals surface area contributed by atoms with Crippen molar-refractivity contribution in [2.24, 2.45) is 17.8 Å². The lowest BCUT2D eigenvalue weighted by molar-refractivity contribution is -0.153. The Balaban J connectivity index is 1.64. The normalized spacial score (nSPS) is 30.4. The molecule has 1 N–H and O–H groups in total. The average Bonchev–Trinajstić information content (AvgIpc) is 3.31. The molecule has 0 saturated carbocycles. The Bertz CT molecular complexity index is 1290. The van der Waals surface area contributed by atoms with E-state index in [4.69, 9.17) is 4.74 Å². The van der Waals surface area contributed by atoms with Crippen molar-refractivity contribution in [1.29, 1.82) is 0 Å². The zero-order valence-corrected chi connectivity index (χ0v) is 27.2. The van der Waals surface area contributed by atoms with Gasteiger partial charge >= 0.3 is 0 Å². The lowest BCUT2D eigenvalue weighted by Crippen LogP contribution is -2.59. The van der Waals surface area contributed by atoms with Crippen molar-refractivity contribution in [2.45, 2.75) is 84.1 Å². The third-order valence-corrected chi connectivity index (χ3v) is 10.1. The van der Waals surface area contributed by atoms with E-state index in [2.05, 4.69) is 18.7 Å². The number of hydrogen-bond donors (Lipinski definition) is 1. The zero-order chi connectivity index (χ0) is 31.8. The van der Waals surface area contributed by atoms with Crippen LogP contribution in [-0.4, -0.2) is 95.2 Å². The summed E-state index contributed by atoms with van der Waals surface area (Å²) in [4.78, 5) is 51.3. The first-order valence-electron chi connectivity index (χ1n) is 16.6. The Morgan fingerprint density at radius 2 is 1.61 bits per heavy atom. The lowest BCUT2D eigenvalue weighted by Gasteiger charge is -2.41. The molecule has 2 saturated heterocycles. The molecule has 44 heavy (non-hydrogen) atoms. The molecule has 2 fully saturated rings. The van der Waals surface area contributed by atoms with Crippen LogP contribution in [0.4, 0.5) is 11.4 Å². The van der Waals surface area contributed by atoms with E-state index in [-0.39, 0.29) is 30.2 Å². The summed E-state index contributed by atoms with van der Waals surface area (Å²) in [6.07, 6.45) is 9.58. The monoisotopic (exact) mass is 606 g/mol. The first-order chi connectivity index (χ1) is 21.1. The highest BCUT2D eigenvalue weighted by molar-refractivity contribution is 6.06. The van der Waals surface area contributed by atoms with Crippen LogP contribution < -0.4 is 9.80 Å². The fourth-order valence-corrected chi connectivity index (χ4v) is 8.10. The van der Waals surface area contributed by atoms with Crippen molar-refractivity contribution in [2.75, 3.05) is 49.1 Å². The molecule has 1 unspecified atom stereocenters. The predicted octanol–water partition coefficient (Wildman–Crippen LogP) is 4.01. The molecule has 0 bridgehead atoms. The molecule has 3 amide bonds. The van der Waals surface area contributed by atoms with Crippen molar-refractivity contribution in [3.05, 3.63) is 48.6 Å². The summed E-state index contributed by atoms with van der Waals surface area (Å²) in [6, 6.07) is 6.36. The van der Waals surface area contributed by atoms with Gasteiger partial charge in [0.05, 0.1) is 30.1 Å². The molecule has 1 aromatic rings. The van der Waals surface area contributed by atoms with Crippen molar-refractivity contribution in [1.82, 2.24) is 9.80 Å². The maximum atomic E-state index is 14.9. The molecule has 4 aliphatic heterocycles. The molecule has 1 spiro atoms. The second-order valence-electron chi connectivity index (χ2n) is 13.1. The van der Waals surface area contributed by atoms with E-state index in [1.807, 2.05) is 81.2 Å². The second-order valence-corrected chi connectivity index (χ2v) is 13.1. The van der Waals surface area contributed by atoms with Crippen LogP contribution >= 0.6 is 0 Å². The van der Waals surface area contributed by atoms with Crippen molar-refractivity contribution in [3.63, 3.8) is 0 Å². The summed E-state index contributed by atoms with van der Waals surface area (Å²) in [5.41, 5.74) is -0.545. The van der Waals surface area contributed by atoms with Crippen LogP contribution in [0, 0.1) is 17.8 Å². The number of nitrogens with zero attached hydrogens (tertiary/aromatic N) is 4. The summed E-state index contributed by atoms with van der Waals surface area (Å²) >= 11 is 0. The van der Waals surface area contributed by atoms with Crippen LogP contribution in [0.3, 0.4) is 0 Å². The molecule has 9 heteroatoms. The van der Waals surface area contributed by atoms with Crippen LogP contribution in [0.15, 0.2) is 48.6 Å². The van der Waals surface area contributed by atoms with Gasteiger partial charge in [0.15, 0.2) is 0 Å². The first kappa shape index (κ1) is 32.2. The first-order valence-corrected chi connectivity index (χ1v) is 16.6. The van der Waals surface area contributed by atoms with Gasteiger partial charge in [-0.05, 0) is 63.3 Å². The third kappa shape index (κ3) is 5.06. The molecule has 1 aromatic carbocycles. The van der Waals surface area contributed by atoms with Gasteiger partial charge in [0.1, 0.15) is 11.6 Å². The summed E-state index contributed by atoms with van der Waals surface area (Å²) in [7, 11) is 0. The molecule has 0 radical (unpaired) electrons. The smallest absolute Gasteiger partial charge is 0.253 e. The van der Waals surface area contributed by atoms with Crippen LogP contribution in [0.1, 0.15) is 60.8 Å². The van der Waals surface area contributed by atoms with Crippen LogP contribution in [0.5, 0.6) is 0 Å². The van der Waals surface area contributed by atoms with Gasteiger partial charge in [-0.25, -0.2) is 0 Å². The topological polar surface area (TPSA) is 93.6 Å². The number of rotatable bonds is 11. The highest BCUT2D eigenvalue weighted by Gasteiger charge is 2.76. The number of aliphatic hydroxyl groups excluding tert-OH is 1. The fraction of sp³-hybridized carbons (Fsp3) is 0.629. The molecular formula is C35H50N4O5. The largest absolute Gasteiger partial charge is 0.394 e. The van der Waals surface area contributed by atoms with Crippen LogP contribution in [0.2, 0.25) is 0 Å². The Morgan fingerprint density at radius 3 is 2.20 bits per heavy atom. The quantitative estimate of drug-likeness (QED) is 0.383. The zero-order valence-electron chi connectivity index (χ0n) is 27.2. The highest BCUT2D eigenvalue weighted by atomic mass is 16.5. The van der Waals surface area contributed by atoms with Crippen LogP contribution in [0.25, 0.3) is 0 Å². The lowest BCUT2D eigenvalue weighted by atomic mass is 9.73. The van der Waals surface area contributed by atoms with E-state index in [0.717, 1.165) is 30.9 Å². The Hall–Kier alpha value is -3.17. The van der Waals surface area contributed by atoms with Crippen molar-refractivity contribution in [3.8, 4) is 0 Å². The van der Waals surface area contributed by atoms with Crippen molar-refractivity contribution < 1.29 is 24.2 Å². The maximum absolute atomic E-state index is 14.9. The summed E-state index contributed by atoms with van der Waals surface area (Å²) in [5.74, 6) is -2.12. The van der Waals surface area contributed by atoms with Gasteiger partial charge in [0, 0.05) is 44.1 Å². The molecule has 9 nitrogen and oxygen atoms in total. The van der Waals surface area contributed by atoms with E-state index < -0.39 is 35.1 Å². The molecule has 4 heterocycles. The number of ether oxygens (including phenoxy) is 1. The standard InChI is InChI=1S/C35H50N4O5/c1-7-19-37-20-11-17-34(8-2)28(31(37)41)29-32(42)39(27(23-40)22-24(5)6)30-33(43)38(21-12-18-35(29,30)44-34)26-15-13-25(14-16-26)36(9-3)10-4/h11-18,24,27-30,40H,7-10,19-23H2,1-6H3/t27-,28-,29+,30?,34+,35+/m1/s1. The van der Waals surface area contributed by atoms with Gasteiger partial charge in [-0.1, -0.05) is 52.0 Å². The number of carbonyl (C=O) groups is 3. The summed E-state index contributed by atoms with van der Waals surface area (Å²) in [6.45, 7) is 15.2. The minimum absolute atomic E-state index is 0.104. The molecule has 0 aromatic heterocycles. The average molecular weight is 607 g/mol. The Morgan fingerprint density at radius 1 is 0.932 bits per heavy atom. The second kappa shape index (κ2) is 12.7. The molecule has 6 atom stereocenters. The minimum atomic E-state index is -1.34. The van der Waals surface area contributed by atoms with Gasteiger partial charge in [0.25, 0.3) is 5.91 Å². The fourth-order valence-electron chi connectivity index (χ4n) is 8.10. The SMILES string of the molecule is CCCN1CC=C[C@]2(CC)O[C@]34C=CCN(c5ccc(N(CC)CC)cc5)C(=O)C3N([C@@H](CO)CC(C)C)C(=O)[C@@H]4[C@@H]2C1=O. The van der Waals surface area contributed by atoms with Gasteiger partial charge < -0.3 is 29.4 Å². The van der Waals surface area contributed by atoms with E-state index in [0.29, 0.717) is 32.5 Å². The number of fused-ring (bicyclic) bond motifs is 2. The van der Waals surface area contributed by atoms with Gasteiger partial charge in [-0.15, -0.1) is 0 Å². The van der Waals surface area contributed by atoms with E-state index in [1.54, 1.807) is 9.80 Å². The van der Waals surface area contributed by atoms with Crippen molar-refractivity contribution >= 4 is 29.1 Å². The molecule has 240 valence electrons. The number of anilines is 2. The number of benzene rings is 1. The number of aliphatic hydroxyl groups is 1. The molecule has 0 aliphatic carbocycles. The number of amides is 3. The van der Waals surface area contributed by atoms with E-state index in [9.17, 15) is 19.5 Å². The minimum Gasteiger partial charge on any atom is -0.394 e. The Kier molecular flexibility index (Phi) is 9.29.